The van der Waals surface area contributed by atoms with E-state index in [1.165, 1.54) is 6.08 Å². The first-order chi connectivity index (χ1) is 18.5. The Bertz CT molecular complexity index is 1340. The topological polar surface area (TPSA) is 132 Å². The molecule has 0 amide bonds. The summed E-state index contributed by atoms with van der Waals surface area (Å²) in [5, 5.41) is 23.2. The van der Waals surface area contributed by atoms with Crippen LogP contribution in [0.1, 0.15) is 17.5 Å². The zero-order chi connectivity index (χ0) is 26.7. The molecule has 2 heterocycles. The van der Waals surface area contributed by atoms with Gasteiger partial charge in [-0.05, 0) is 54.5 Å². The number of morpholine rings is 1. The first-order valence-corrected chi connectivity index (χ1v) is 11.8. The lowest BCUT2D eigenvalue weighted by atomic mass is 10.1. The van der Waals surface area contributed by atoms with Gasteiger partial charge in [0.05, 0.1) is 37.5 Å². The zero-order valence-electron chi connectivity index (χ0n) is 20.3. The monoisotopic (exact) mass is 518 g/mol. The molecule has 0 aliphatic carbocycles. The van der Waals surface area contributed by atoms with Gasteiger partial charge < -0.3 is 20.1 Å². The molecule has 10 nitrogen and oxygen atoms in total. The van der Waals surface area contributed by atoms with Crippen molar-refractivity contribution in [3.05, 3.63) is 65.2 Å². The van der Waals surface area contributed by atoms with Crippen LogP contribution < -0.4 is 15.4 Å². The van der Waals surface area contributed by atoms with Crippen LogP contribution in [0.5, 0.6) is 6.01 Å². The Kier molecular flexibility index (Phi) is 9.07. The average molecular weight is 519 g/mol. The van der Waals surface area contributed by atoms with E-state index in [2.05, 4.69) is 30.5 Å². The summed E-state index contributed by atoms with van der Waals surface area (Å²) in [6.45, 7) is 4.27. The number of aromatic nitrogens is 3. The minimum absolute atomic E-state index is 0.0324. The first-order valence-electron chi connectivity index (χ1n) is 11.8. The van der Waals surface area contributed by atoms with Crippen LogP contribution in [-0.4, -0.2) is 59.3 Å². The maximum Gasteiger partial charge on any atom is 0.323 e. The largest absolute Gasteiger partial charge is 0.463 e. The summed E-state index contributed by atoms with van der Waals surface area (Å²) in [7, 11) is 0. The van der Waals surface area contributed by atoms with Crippen molar-refractivity contribution in [2.75, 3.05) is 50.1 Å². The van der Waals surface area contributed by atoms with Gasteiger partial charge in [0.15, 0.2) is 0 Å². The standard InChI is InChI=1S/C26H24F2N8O2/c27-21-15-19(3-1-8-29)16-22(28)23(21)32-25-33-24(31-20-6-4-18(17-30)5-7-20)34-26(35-25)38-12-2-9-36-10-13-37-14-11-36/h1,3-7,15-16H,2,9-14H2,(H2,31,32,33,34,35). The smallest absolute Gasteiger partial charge is 0.323 e. The molecule has 0 spiro atoms. The highest BCUT2D eigenvalue weighted by atomic mass is 19.1. The van der Waals surface area contributed by atoms with Crippen molar-refractivity contribution in [2.24, 2.45) is 0 Å². The molecule has 1 aliphatic rings. The van der Waals surface area contributed by atoms with Crippen LogP contribution in [0.4, 0.5) is 32.1 Å². The molecule has 0 saturated carbocycles. The van der Waals surface area contributed by atoms with Gasteiger partial charge in [0.1, 0.15) is 17.3 Å². The molecule has 1 aliphatic heterocycles. The Morgan fingerprint density at radius 3 is 2.34 bits per heavy atom. The first kappa shape index (κ1) is 26.4. The number of hydrogen-bond donors (Lipinski definition) is 2. The lowest BCUT2D eigenvalue weighted by Gasteiger charge is -2.26. The van der Waals surface area contributed by atoms with Crippen LogP contribution in [0, 0.1) is 34.3 Å². The van der Waals surface area contributed by atoms with Crippen LogP contribution >= 0.6 is 0 Å². The van der Waals surface area contributed by atoms with E-state index in [4.69, 9.17) is 20.0 Å². The summed E-state index contributed by atoms with van der Waals surface area (Å²) in [5.41, 5.74) is 0.797. The number of allylic oxidation sites excluding steroid dienone is 1. The van der Waals surface area contributed by atoms with E-state index in [-0.39, 0.29) is 23.5 Å². The molecule has 38 heavy (non-hydrogen) atoms. The molecule has 0 bridgehead atoms. The third kappa shape index (κ3) is 7.43. The Morgan fingerprint density at radius 1 is 1.00 bits per heavy atom. The average Bonchev–Trinajstić information content (AvgIpc) is 2.93. The maximum atomic E-state index is 14.7. The van der Waals surface area contributed by atoms with Gasteiger partial charge in [-0.2, -0.15) is 25.5 Å². The molecule has 12 heteroatoms. The van der Waals surface area contributed by atoms with E-state index in [1.807, 2.05) is 6.07 Å². The third-order valence-corrected chi connectivity index (χ3v) is 5.49. The van der Waals surface area contributed by atoms with E-state index in [0.29, 0.717) is 37.5 Å². The minimum atomic E-state index is -0.891. The van der Waals surface area contributed by atoms with Crippen molar-refractivity contribution in [3.63, 3.8) is 0 Å². The van der Waals surface area contributed by atoms with Crippen molar-refractivity contribution in [1.29, 1.82) is 10.5 Å². The Labute approximate surface area is 218 Å². The maximum absolute atomic E-state index is 14.7. The molecule has 1 fully saturated rings. The second kappa shape index (κ2) is 13.1. The fourth-order valence-electron chi connectivity index (χ4n) is 3.62. The van der Waals surface area contributed by atoms with Gasteiger partial charge in [-0.1, -0.05) is 0 Å². The number of hydrogen-bond acceptors (Lipinski definition) is 10. The van der Waals surface area contributed by atoms with Crippen LogP contribution in [0.25, 0.3) is 6.08 Å². The third-order valence-electron chi connectivity index (χ3n) is 5.49. The highest BCUT2D eigenvalue weighted by molar-refractivity contribution is 5.62. The van der Waals surface area contributed by atoms with Gasteiger partial charge in [0.2, 0.25) is 11.9 Å². The van der Waals surface area contributed by atoms with E-state index in [1.54, 1.807) is 30.3 Å². The Balaban J connectivity index is 1.53. The quantitative estimate of drug-likeness (QED) is 0.298. The summed E-state index contributed by atoms with van der Waals surface area (Å²) in [6.07, 6.45) is 3.13. The highest BCUT2D eigenvalue weighted by Gasteiger charge is 2.15. The predicted octanol–water partition coefficient (Wildman–Crippen LogP) is 4.15. The number of rotatable bonds is 10. The number of nitriles is 2. The molecule has 2 aromatic carbocycles. The summed E-state index contributed by atoms with van der Waals surface area (Å²) < 4.78 is 40.5. The van der Waals surface area contributed by atoms with Gasteiger partial charge in [0.25, 0.3) is 0 Å². The molecule has 0 atom stereocenters. The zero-order valence-corrected chi connectivity index (χ0v) is 20.3. The van der Waals surface area contributed by atoms with E-state index in [0.717, 1.165) is 37.8 Å². The second-order valence-electron chi connectivity index (χ2n) is 8.18. The molecular formula is C26H24F2N8O2. The molecular weight excluding hydrogens is 494 g/mol. The number of ether oxygens (including phenoxy) is 2. The number of benzene rings is 2. The van der Waals surface area contributed by atoms with Gasteiger partial charge in [0, 0.05) is 31.4 Å². The normalized spacial score (nSPS) is 13.6. The number of nitrogens with one attached hydrogen (secondary N) is 2. The summed E-state index contributed by atoms with van der Waals surface area (Å²) in [4.78, 5) is 14.9. The lowest BCUT2D eigenvalue weighted by molar-refractivity contribution is 0.0356. The van der Waals surface area contributed by atoms with Crippen molar-refractivity contribution >= 4 is 29.3 Å². The second-order valence-corrected chi connectivity index (χ2v) is 8.18. The van der Waals surface area contributed by atoms with Crippen molar-refractivity contribution in [1.82, 2.24) is 19.9 Å². The SMILES string of the molecule is N#CC=Cc1cc(F)c(Nc2nc(Nc3ccc(C#N)cc3)nc(OCCCN3CCOCC3)n2)c(F)c1. The molecule has 0 radical (unpaired) electrons. The predicted molar refractivity (Wildman–Crippen MR) is 136 cm³/mol. The summed E-state index contributed by atoms with van der Waals surface area (Å²) in [6, 6.07) is 12.5. The van der Waals surface area contributed by atoms with E-state index in [9.17, 15) is 8.78 Å². The van der Waals surface area contributed by atoms with Crippen molar-refractivity contribution in [3.8, 4) is 18.1 Å². The van der Waals surface area contributed by atoms with Crippen LogP contribution in [-0.2, 0) is 4.74 Å². The molecule has 1 aromatic heterocycles. The number of halogens is 2. The van der Waals surface area contributed by atoms with E-state index >= 15 is 0 Å². The molecule has 1 saturated heterocycles. The molecule has 4 rings (SSSR count). The van der Waals surface area contributed by atoms with Crippen molar-refractivity contribution < 1.29 is 18.3 Å². The van der Waals surface area contributed by atoms with Gasteiger partial charge in [-0.3, -0.25) is 4.90 Å². The van der Waals surface area contributed by atoms with Gasteiger partial charge >= 0.3 is 6.01 Å². The van der Waals surface area contributed by atoms with Gasteiger partial charge in [-0.25, -0.2) is 8.78 Å². The number of nitrogens with zero attached hydrogens (tertiary/aromatic N) is 6. The van der Waals surface area contributed by atoms with Crippen LogP contribution in [0.3, 0.4) is 0 Å². The van der Waals surface area contributed by atoms with Crippen molar-refractivity contribution in [2.45, 2.75) is 6.42 Å². The fraction of sp³-hybridized carbons (Fsp3) is 0.269. The molecule has 0 unspecified atom stereocenters. The van der Waals surface area contributed by atoms with Crippen LogP contribution in [0.2, 0.25) is 0 Å². The Morgan fingerprint density at radius 2 is 1.68 bits per heavy atom. The summed E-state index contributed by atoms with van der Waals surface area (Å²) >= 11 is 0. The minimum Gasteiger partial charge on any atom is -0.463 e. The van der Waals surface area contributed by atoms with Gasteiger partial charge in [-0.15, -0.1) is 0 Å². The molecule has 3 aromatic rings. The lowest BCUT2D eigenvalue weighted by Crippen LogP contribution is -2.37. The molecule has 2 N–H and O–H groups in total. The molecule has 194 valence electrons. The number of anilines is 4. The highest BCUT2D eigenvalue weighted by Crippen LogP contribution is 2.26. The van der Waals surface area contributed by atoms with Crippen LogP contribution in [0.15, 0.2) is 42.5 Å². The Hall–Kier alpha value is -4.65. The van der Waals surface area contributed by atoms with E-state index < -0.39 is 17.3 Å². The fourth-order valence-corrected chi connectivity index (χ4v) is 3.62. The summed E-state index contributed by atoms with van der Waals surface area (Å²) in [5.74, 6) is -1.85.